The normalized spacial score (nSPS) is 24.4. The van der Waals surface area contributed by atoms with Gasteiger partial charge in [-0.05, 0) is 32.9 Å². The lowest BCUT2D eigenvalue weighted by molar-refractivity contribution is 0.118. The average Bonchev–Trinajstić information content (AvgIpc) is 2.93. The second-order valence-corrected chi connectivity index (χ2v) is 5.56. The number of hydrogen-bond acceptors (Lipinski definition) is 5. The molecule has 4 nitrogen and oxygen atoms in total. The Balaban J connectivity index is 1.83. The summed E-state index contributed by atoms with van der Waals surface area (Å²) >= 11 is 1.76. The van der Waals surface area contributed by atoms with Crippen LogP contribution in [0.5, 0.6) is 0 Å². The summed E-state index contributed by atoms with van der Waals surface area (Å²) in [5, 5.41) is 14.2. The van der Waals surface area contributed by atoms with E-state index in [9.17, 15) is 0 Å². The Morgan fingerprint density at radius 2 is 2.35 bits per heavy atom. The van der Waals surface area contributed by atoms with Gasteiger partial charge in [-0.1, -0.05) is 6.92 Å². The Labute approximate surface area is 107 Å². The van der Waals surface area contributed by atoms with Crippen molar-refractivity contribution in [3.05, 3.63) is 10.0 Å². The van der Waals surface area contributed by atoms with E-state index in [-0.39, 0.29) is 0 Å². The highest BCUT2D eigenvalue weighted by Gasteiger charge is 2.28. The first-order chi connectivity index (χ1) is 8.31. The third-order valence-electron chi connectivity index (χ3n) is 3.17. The molecule has 0 saturated carbocycles. The van der Waals surface area contributed by atoms with E-state index in [4.69, 9.17) is 4.74 Å². The van der Waals surface area contributed by atoms with E-state index >= 15 is 0 Å². The number of ether oxygens (including phenoxy) is 1. The van der Waals surface area contributed by atoms with Crippen molar-refractivity contribution >= 4 is 11.3 Å². The Kier molecular flexibility index (Phi) is 4.88. The van der Waals surface area contributed by atoms with Gasteiger partial charge in [-0.3, -0.25) is 0 Å². The zero-order chi connectivity index (χ0) is 12.1. The summed E-state index contributed by atoms with van der Waals surface area (Å²) in [5.41, 5.74) is 0. The van der Waals surface area contributed by atoms with E-state index < -0.39 is 0 Å². The molecule has 0 aromatic carbocycles. The minimum Gasteiger partial charge on any atom is -0.378 e. The van der Waals surface area contributed by atoms with Gasteiger partial charge in [0.25, 0.3) is 0 Å². The second kappa shape index (κ2) is 6.42. The van der Waals surface area contributed by atoms with Crippen LogP contribution in [0.1, 0.15) is 42.6 Å². The van der Waals surface area contributed by atoms with Crippen molar-refractivity contribution in [2.45, 2.75) is 45.1 Å². The zero-order valence-corrected chi connectivity index (χ0v) is 11.4. The van der Waals surface area contributed by atoms with Crippen LogP contribution in [-0.2, 0) is 11.2 Å². The summed E-state index contributed by atoms with van der Waals surface area (Å²) in [6.07, 6.45) is 3.57. The van der Waals surface area contributed by atoms with Gasteiger partial charge in [0, 0.05) is 18.9 Å². The number of nitrogens with zero attached hydrogens (tertiary/aromatic N) is 2. The van der Waals surface area contributed by atoms with E-state index in [0.29, 0.717) is 12.0 Å². The number of aromatic nitrogens is 2. The SMILES string of the molecule is CCNCCCc1nnc(C2CCOC2C)s1. The van der Waals surface area contributed by atoms with E-state index in [1.54, 1.807) is 11.3 Å². The third kappa shape index (κ3) is 3.47. The minimum atomic E-state index is 0.303. The van der Waals surface area contributed by atoms with Crippen molar-refractivity contribution in [1.29, 1.82) is 0 Å². The van der Waals surface area contributed by atoms with Gasteiger partial charge < -0.3 is 10.1 Å². The highest BCUT2D eigenvalue weighted by molar-refractivity contribution is 7.11. The molecule has 0 spiro atoms. The first-order valence-electron chi connectivity index (χ1n) is 6.46. The van der Waals surface area contributed by atoms with Crippen molar-refractivity contribution in [3.8, 4) is 0 Å². The van der Waals surface area contributed by atoms with Gasteiger partial charge >= 0.3 is 0 Å². The lowest BCUT2D eigenvalue weighted by Gasteiger charge is -2.08. The molecule has 96 valence electrons. The van der Waals surface area contributed by atoms with Crippen molar-refractivity contribution in [3.63, 3.8) is 0 Å². The van der Waals surface area contributed by atoms with Crippen LogP contribution in [0, 0.1) is 0 Å². The molecular formula is C12H21N3OS. The number of rotatable bonds is 6. The second-order valence-electron chi connectivity index (χ2n) is 4.46. The molecule has 2 rings (SSSR count). The fourth-order valence-corrected chi connectivity index (χ4v) is 3.23. The topological polar surface area (TPSA) is 47.0 Å². The molecule has 1 aromatic heterocycles. The summed E-state index contributed by atoms with van der Waals surface area (Å²) in [6.45, 7) is 7.22. The number of nitrogens with one attached hydrogen (secondary N) is 1. The maximum absolute atomic E-state index is 5.57. The van der Waals surface area contributed by atoms with Gasteiger partial charge in [-0.15, -0.1) is 21.5 Å². The van der Waals surface area contributed by atoms with Gasteiger partial charge in [0.15, 0.2) is 0 Å². The molecule has 0 aliphatic carbocycles. The van der Waals surface area contributed by atoms with Crippen LogP contribution in [0.25, 0.3) is 0 Å². The van der Waals surface area contributed by atoms with Crippen LogP contribution in [0.15, 0.2) is 0 Å². The zero-order valence-electron chi connectivity index (χ0n) is 10.6. The van der Waals surface area contributed by atoms with Gasteiger partial charge in [0.2, 0.25) is 0 Å². The molecule has 2 heterocycles. The molecule has 2 unspecified atom stereocenters. The van der Waals surface area contributed by atoms with Crippen LogP contribution in [0.3, 0.4) is 0 Å². The lowest BCUT2D eigenvalue weighted by Crippen LogP contribution is -2.14. The molecule has 2 atom stereocenters. The molecule has 0 bridgehead atoms. The van der Waals surface area contributed by atoms with Gasteiger partial charge in [-0.2, -0.15) is 0 Å². The highest BCUT2D eigenvalue weighted by atomic mass is 32.1. The average molecular weight is 255 g/mol. The van der Waals surface area contributed by atoms with E-state index in [1.165, 1.54) is 0 Å². The molecular weight excluding hydrogens is 234 g/mol. The van der Waals surface area contributed by atoms with Crippen molar-refractivity contribution in [1.82, 2.24) is 15.5 Å². The number of hydrogen-bond donors (Lipinski definition) is 1. The smallest absolute Gasteiger partial charge is 0.123 e. The van der Waals surface area contributed by atoms with Crippen LogP contribution in [-0.4, -0.2) is 36.0 Å². The quantitative estimate of drug-likeness (QED) is 0.790. The van der Waals surface area contributed by atoms with Crippen LogP contribution in [0.2, 0.25) is 0 Å². The maximum Gasteiger partial charge on any atom is 0.123 e. The van der Waals surface area contributed by atoms with Crippen molar-refractivity contribution in [2.75, 3.05) is 19.7 Å². The largest absolute Gasteiger partial charge is 0.378 e. The number of aryl methyl sites for hydroxylation is 1. The van der Waals surface area contributed by atoms with Crippen LogP contribution < -0.4 is 5.32 Å². The first kappa shape index (κ1) is 12.9. The van der Waals surface area contributed by atoms with Crippen molar-refractivity contribution < 1.29 is 4.74 Å². The predicted molar refractivity (Wildman–Crippen MR) is 69.5 cm³/mol. The molecule has 5 heteroatoms. The summed E-state index contributed by atoms with van der Waals surface area (Å²) in [7, 11) is 0. The maximum atomic E-state index is 5.57. The minimum absolute atomic E-state index is 0.303. The van der Waals surface area contributed by atoms with Gasteiger partial charge in [-0.25, -0.2) is 0 Å². The molecule has 17 heavy (non-hydrogen) atoms. The first-order valence-corrected chi connectivity index (χ1v) is 7.27. The Bertz CT molecular complexity index is 342. The summed E-state index contributed by atoms with van der Waals surface area (Å²) < 4.78 is 5.57. The third-order valence-corrected chi connectivity index (χ3v) is 4.29. The Hall–Kier alpha value is -0.520. The molecule has 0 radical (unpaired) electrons. The molecule has 1 fully saturated rings. The van der Waals surface area contributed by atoms with Gasteiger partial charge in [0.05, 0.1) is 6.10 Å². The Morgan fingerprint density at radius 3 is 3.06 bits per heavy atom. The van der Waals surface area contributed by atoms with E-state index in [2.05, 4.69) is 29.4 Å². The van der Waals surface area contributed by atoms with Crippen LogP contribution >= 0.6 is 11.3 Å². The fourth-order valence-electron chi connectivity index (χ4n) is 2.11. The van der Waals surface area contributed by atoms with Crippen LogP contribution in [0.4, 0.5) is 0 Å². The van der Waals surface area contributed by atoms with E-state index in [0.717, 1.165) is 49.0 Å². The molecule has 1 aliphatic rings. The standard InChI is InChI=1S/C12H21N3OS/c1-3-13-7-4-5-11-14-15-12(17-11)10-6-8-16-9(10)2/h9-10,13H,3-8H2,1-2H3. The summed E-state index contributed by atoms with van der Waals surface area (Å²) in [5.74, 6) is 0.468. The van der Waals surface area contributed by atoms with E-state index in [1.807, 2.05) is 0 Å². The lowest BCUT2D eigenvalue weighted by atomic mass is 10.0. The molecule has 1 saturated heterocycles. The molecule has 0 amide bonds. The molecule has 1 N–H and O–H groups in total. The molecule has 1 aromatic rings. The predicted octanol–water partition coefficient (Wildman–Crippen LogP) is 1.97. The fraction of sp³-hybridized carbons (Fsp3) is 0.833. The molecule has 1 aliphatic heterocycles. The monoisotopic (exact) mass is 255 g/mol. The summed E-state index contributed by atoms with van der Waals surface area (Å²) in [6, 6.07) is 0. The van der Waals surface area contributed by atoms with Gasteiger partial charge in [0.1, 0.15) is 10.0 Å². The summed E-state index contributed by atoms with van der Waals surface area (Å²) in [4.78, 5) is 0. The van der Waals surface area contributed by atoms with Crippen molar-refractivity contribution in [2.24, 2.45) is 0 Å². The highest BCUT2D eigenvalue weighted by Crippen LogP contribution is 2.32. The Morgan fingerprint density at radius 1 is 1.47 bits per heavy atom.